The molecule has 0 aliphatic carbocycles. The maximum absolute atomic E-state index is 8.81. The average molecular weight is 194 g/mol. The number of fused-ring (bicyclic) bond motifs is 1. The van der Waals surface area contributed by atoms with Gasteiger partial charge in [-0.2, -0.15) is 0 Å². The first-order chi connectivity index (χ1) is 6.77. The van der Waals surface area contributed by atoms with Gasteiger partial charge in [0, 0.05) is 0 Å². The maximum atomic E-state index is 8.81. The highest BCUT2D eigenvalue weighted by Gasteiger charge is 2.15. The Morgan fingerprint density at radius 2 is 1.93 bits per heavy atom. The normalized spacial score (nSPS) is 17.7. The van der Waals surface area contributed by atoms with Crippen LogP contribution in [0.5, 0.6) is 11.5 Å². The number of hydrogen-bond donors (Lipinski definition) is 0. The lowest BCUT2D eigenvalue weighted by Gasteiger charge is -2.23. The molecule has 0 spiro atoms. The van der Waals surface area contributed by atoms with E-state index < -0.39 is 0 Å². The molecular formula is C11H14O3. The van der Waals surface area contributed by atoms with Crippen LogP contribution in [-0.2, 0) is 4.79 Å². The second-order valence-corrected chi connectivity index (χ2v) is 2.92. The Hall–Kier alpha value is -1.51. The molecule has 0 radical (unpaired) electrons. The van der Waals surface area contributed by atoms with E-state index in [-0.39, 0.29) is 6.10 Å². The van der Waals surface area contributed by atoms with E-state index in [9.17, 15) is 0 Å². The summed E-state index contributed by atoms with van der Waals surface area (Å²) in [6, 6.07) is 7.73. The van der Waals surface area contributed by atoms with Crippen molar-refractivity contribution in [2.75, 3.05) is 6.61 Å². The highest BCUT2D eigenvalue weighted by molar-refractivity contribution is 5.44. The van der Waals surface area contributed by atoms with Crippen LogP contribution < -0.4 is 9.47 Å². The predicted molar refractivity (Wildman–Crippen MR) is 53.8 cm³/mol. The van der Waals surface area contributed by atoms with E-state index in [0.717, 1.165) is 17.8 Å². The van der Waals surface area contributed by atoms with Crippen molar-refractivity contribution in [3.63, 3.8) is 0 Å². The molecule has 1 aromatic rings. The van der Waals surface area contributed by atoms with Crippen LogP contribution in [0.2, 0.25) is 0 Å². The molecule has 0 saturated heterocycles. The monoisotopic (exact) mass is 194 g/mol. The standard InChI is InChI=1S/C9H10O2.C2H4O/c1-7-6-10-8-4-2-3-5-9(8)11-7;1-2-3/h2-5,7H,6H2,1H3;2H,1H3. The Kier molecular flexibility index (Phi) is 3.98. The third-order valence-electron chi connectivity index (χ3n) is 1.65. The van der Waals surface area contributed by atoms with Crippen molar-refractivity contribution in [2.45, 2.75) is 20.0 Å². The highest BCUT2D eigenvalue weighted by atomic mass is 16.6. The molecule has 1 unspecified atom stereocenters. The molecule has 0 saturated carbocycles. The lowest BCUT2D eigenvalue weighted by atomic mass is 10.3. The summed E-state index contributed by atoms with van der Waals surface area (Å²) in [7, 11) is 0. The fraction of sp³-hybridized carbons (Fsp3) is 0.364. The number of carbonyl (C=O) groups excluding carboxylic acids is 1. The molecule has 76 valence electrons. The van der Waals surface area contributed by atoms with Gasteiger partial charge in [-0.25, -0.2) is 0 Å². The Labute approximate surface area is 83.6 Å². The van der Waals surface area contributed by atoms with E-state index in [1.54, 1.807) is 0 Å². The number of aldehydes is 1. The number of benzene rings is 1. The first kappa shape index (κ1) is 10.6. The van der Waals surface area contributed by atoms with Crippen LogP contribution in [-0.4, -0.2) is 19.0 Å². The minimum atomic E-state index is 0.171. The predicted octanol–water partition coefficient (Wildman–Crippen LogP) is 2.05. The van der Waals surface area contributed by atoms with Gasteiger partial charge in [0.05, 0.1) is 0 Å². The highest BCUT2D eigenvalue weighted by Crippen LogP contribution is 2.30. The summed E-state index contributed by atoms with van der Waals surface area (Å²) in [4.78, 5) is 8.81. The summed E-state index contributed by atoms with van der Waals surface area (Å²) in [5.74, 6) is 1.71. The third kappa shape index (κ3) is 2.76. The van der Waals surface area contributed by atoms with E-state index in [1.165, 1.54) is 6.92 Å². The van der Waals surface area contributed by atoms with Gasteiger partial charge in [-0.3, -0.25) is 0 Å². The molecule has 14 heavy (non-hydrogen) atoms. The van der Waals surface area contributed by atoms with Crippen molar-refractivity contribution < 1.29 is 14.3 Å². The maximum Gasteiger partial charge on any atom is 0.161 e. The zero-order valence-corrected chi connectivity index (χ0v) is 8.40. The summed E-state index contributed by atoms with van der Waals surface area (Å²) in [6.07, 6.45) is 0.921. The minimum absolute atomic E-state index is 0.171. The summed E-state index contributed by atoms with van der Waals surface area (Å²) >= 11 is 0. The molecule has 0 bridgehead atoms. The Morgan fingerprint density at radius 3 is 2.57 bits per heavy atom. The van der Waals surface area contributed by atoms with Crippen molar-refractivity contribution in [1.29, 1.82) is 0 Å². The Balaban J connectivity index is 0.000000293. The number of rotatable bonds is 0. The van der Waals surface area contributed by atoms with E-state index in [1.807, 2.05) is 31.2 Å². The van der Waals surface area contributed by atoms with Crippen LogP contribution in [0.25, 0.3) is 0 Å². The molecule has 1 heterocycles. The molecule has 1 aromatic carbocycles. The first-order valence-corrected chi connectivity index (χ1v) is 4.56. The van der Waals surface area contributed by atoms with Crippen molar-refractivity contribution >= 4 is 6.29 Å². The fourth-order valence-corrected chi connectivity index (χ4v) is 1.12. The van der Waals surface area contributed by atoms with Gasteiger partial charge in [-0.15, -0.1) is 0 Å². The van der Waals surface area contributed by atoms with Gasteiger partial charge >= 0.3 is 0 Å². The topological polar surface area (TPSA) is 35.5 Å². The SMILES string of the molecule is CC1COc2ccccc2O1.CC=O. The van der Waals surface area contributed by atoms with Crippen molar-refractivity contribution in [2.24, 2.45) is 0 Å². The quantitative estimate of drug-likeness (QED) is 0.593. The lowest BCUT2D eigenvalue weighted by molar-refractivity contribution is -0.106. The molecular weight excluding hydrogens is 180 g/mol. The van der Waals surface area contributed by atoms with Crippen LogP contribution in [0.1, 0.15) is 13.8 Å². The van der Waals surface area contributed by atoms with E-state index in [2.05, 4.69) is 0 Å². The molecule has 0 fully saturated rings. The Bertz CT molecular complexity index is 296. The van der Waals surface area contributed by atoms with Gasteiger partial charge in [0.15, 0.2) is 11.5 Å². The van der Waals surface area contributed by atoms with E-state index >= 15 is 0 Å². The van der Waals surface area contributed by atoms with Crippen LogP contribution in [0.3, 0.4) is 0 Å². The van der Waals surface area contributed by atoms with Crippen molar-refractivity contribution in [3.05, 3.63) is 24.3 Å². The molecule has 0 amide bonds. The number of para-hydroxylation sites is 2. The molecule has 0 aromatic heterocycles. The largest absolute Gasteiger partial charge is 0.486 e. The summed E-state index contributed by atoms with van der Waals surface area (Å²) in [5, 5.41) is 0. The molecule has 1 aliphatic rings. The second kappa shape index (κ2) is 5.27. The van der Waals surface area contributed by atoms with Gasteiger partial charge < -0.3 is 14.3 Å². The van der Waals surface area contributed by atoms with Crippen LogP contribution in [0, 0.1) is 0 Å². The lowest BCUT2D eigenvalue weighted by Crippen LogP contribution is -2.25. The summed E-state index contributed by atoms with van der Waals surface area (Å²) < 4.78 is 10.9. The van der Waals surface area contributed by atoms with Gasteiger partial charge in [-0.05, 0) is 26.0 Å². The number of ether oxygens (including phenoxy) is 2. The van der Waals surface area contributed by atoms with Crippen LogP contribution >= 0.6 is 0 Å². The van der Waals surface area contributed by atoms with E-state index in [0.29, 0.717) is 6.61 Å². The van der Waals surface area contributed by atoms with Crippen LogP contribution in [0.15, 0.2) is 24.3 Å². The van der Waals surface area contributed by atoms with Gasteiger partial charge in [0.25, 0.3) is 0 Å². The fourth-order valence-electron chi connectivity index (χ4n) is 1.12. The smallest absolute Gasteiger partial charge is 0.161 e. The Morgan fingerprint density at radius 1 is 1.36 bits per heavy atom. The van der Waals surface area contributed by atoms with E-state index in [4.69, 9.17) is 14.3 Å². The van der Waals surface area contributed by atoms with Crippen molar-refractivity contribution in [3.8, 4) is 11.5 Å². The third-order valence-corrected chi connectivity index (χ3v) is 1.65. The summed E-state index contributed by atoms with van der Waals surface area (Å²) in [5.41, 5.74) is 0. The first-order valence-electron chi connectivity index (χ1n) is 4.56. The van der Waals surface area contributed by atoms with Crippen LogP contribution in [0.4, 0.5) is 0 Å². The molecule has 3 nitrogen and oxygen atoms in total. The molecule has 3 heteroatoms. The molecule has 2 rings (SSSR count). The minimum Gasteiger partial charge on any atom is -0.486 e. The zero-order valence-electron chi connectivity index (χ0n) is 8.40. The second-order valence-electron chi connectivity index (χ2n) is 2.92. The zero-order chi connectivity index (χ0) is 10.4. The molecule has 0 N–H and O–H groups in total. The van der Waals surface area contributed by atoms with Gasteiger partial charge in [0.2, 0.25) is 0 Å². The summed E-state index contributed by atoms with van der Waals surface area (Å²) in [6.45, 7) is 4.09. The number of hydrogen-bond acceptors (Lipinski definition) is 3. The van der Waals surface area contributed by atoms with Gasteiger partial charge in [0.1, 0.15) is 19.0 Å². The van der Waals surface area contributed by atoms with Crippen molar-refractivity contribution in [1.82, 2.24) is 0 Å². The number of carbonyl (C=O) groups is 1. The van der Waals surface area contributed by atoms with Gasteiger partial charge in [-0.1, -0.05) is 12.1 Å². The molecule has 1 atom stereocenters. The molecule has 1 aliphatic heterocycles. The average Bonchev–Trinajstić information content (AvgIpc) is 2.19.